The molecule has 1 fully saturated rings. The van der Waals surface area contributed by atoms with Gasteiger partial charge in [-0.05, 0) is 31.2 Å². The molecule has 0 radical (unpaired) electrons. The topological polar surface area (TPSA) is 122 Å². The molecule has 2 aliphatic rings. The molecule has 9 heteroatoms. The zero-order valence-electron chi connectivity index (χ0n) is 19.2. The Morgan fingerprint density at radius 2 is 1.97 bits per heavy atom. The first-order valence-electron chi connectivity index (χ1n) is 11.7. The SMILES string of the molecule is O=C1CCC=CC[C@H](CC(=O)N2CCC[C@H]2CO)C(=O)N[C@@H](C(=O)OCc2ccccc2)CO1. The lowest BCUT2D eigenvalue weighted by Crippen LogP contribution is -2.48. The van der Waals surface area contributed by atoms with Crippen molar-refractivity contribution in [3.63, 3.8) is 0 Å². The second-order valence-corrected chi connectivity index (χ2v) is 8.55. The van der Waals surface area contributed by atoms with Gasteiger partial charge in [-0.1, -0.05) is 42.5 Å². The number of rotatable bonds is 6. The highest BCUT2D eigenvalue weighted by molar-refractivity contribution is 5.89. The number of cyclic esters (lactones) is 1. The van der Waals surface area contributed by atoms with Gasteiger partial charge in [-0.25, -0.2) is 4.79 Å². The molecule has 0 aromatic heterocycles. The largest absolute Gasteiger partial charge is 0.463 e. The average Bonchev–Trinajstić information content (AvgIpc) is 3.33. The first-order chi connectivity index (χ1) is 16.5. The van der Waals surface area contributed by atoms with E-state index >= 15 is 0 Å². The Labute approximate surface area is 199 Å². The lowest BCUT2D eigenvalue weighted by molar-refractivity contribution is -0.155. The Morgan fingerprint density at radius 3 is 2.74 bits per heavy atom. The Hall–Kier alpha value is -3.20. The van der Waals surface area contributed by atoms with Crippen LogP contribution in [0.4, 0.5) is 0 Å². The molecule has 2 heterocycles. The van der Waals surface area contributed by atoms with Gasteiger partial charge in [-0.3, -0.25) is 14.4 Å². The lowest BCUT2D eigenvalue weighted by Gasteiger charge is -2.26. The monoisotopic (exact) mass is 472 g/mol. The normalized spacial score (nSPS) is 23.9. The third-order valence-electron chi connectivity index (χ3n) is 6.04. The van der Waals surface area contributed by atoms with Crippen molar-refractivity contribution in [1.29, 1.82) is 0 Å². The molecule has 9 nitrogen and oxygen atoms in total. The molecule has 1 aromatic carbocycles. The Morgan fingerprint density at radius 1 is 1.18 bits per heavy atom. The molecule has 0 unspecified atom stereocenters. The number of nitrogens with zero attached hydrogens (tertiary/aromatic N) is 1. The molecule has 0 aliphatic carbocycles. The molecule has 2 amide bonds. The van der Waals surface area contributed by atoms with Gasteiger partial charge in [0.1, 0.15) is 13.2 Å². The van der Waals surface area contributed by atoms with Crippen molar-refractivity contribution in [2.75, 3.05) is 19.8 Å². The molecule has 0 bridgehead atoms. The highest BCUT2D eigenvalue weighted by atomic mass is 16.6. The van der Waals surface area contributed by atoms with Crippen LogP contribution in [0.25, 0.3) is 0 Å². The second-order valence-electron chi connectivity index (χ2n) is 8.55. The summed E-state index contributed by atoms with van der Waals surface area (Å²) < 4.78 is 10.5. The van der Waals surface area contributed by atoms with E-state index in [4.69, 9.17) is 9.47 Å². The molecule has 0 saturated carbocycles. The van der Waals surface area contributed by atoms with Crippen molar-refractivity contribution >= 4 is 23.8 Å². The van der Waals surface area contributed by atoms with Crippen LogP contribution in [0.2, 0.25) is 0 Å². The molecule has 0 spiro atoms. The van der Waals surface area contributed by atoms with Crippen molar-refractivity contribution in [2.24, 2.45) is 5.92 Å². The number of hydrogen-bond acceptors (Lipinski definition) is 7. The Bertz CT molecular complexity index is 887. The van der Waals surface area contributed by atoms with E-state index in [0.29, 0.717) is 13.0 Å². The maximum absolute atomic E-state index is 13.1. The predicted octanol–water partition coefficient (Wildman–Crippen LogP) is 1.49. The van der Waals surface area contributed by atoms with E-state index in [2.05, 4.69) is 5.32 Å². The molecule has 2 N–H and O–H groups in total. The Balaban J connectivity index is 1.69. The van der Waals surface area contributed by atoms with Gasteiger partial charge >= 0.3 is 11.9 Å². The van der Waals surface area contributed by atoms with Gasteiger partial charge in [0.15, 0.2) is 6.04 Å². The summed E-state index contributed by atoms with van der Waals surface area (Å²) in [6.07, 6.45) is 5.92. The van der Waals surface area contributed by atoms with Gasteiger partial charge in [0.25, 0.3) is 0 Å². The molecular weight excluding hydrogens is 440 g/mol. The summed E-state index contributed by atoms with van der Waals surface area (Å²) in [6.45, 7) is 0.116. The summed E-state index contributed by atoms with van der Waals surface area (Å²) in [5, 5.41) is 12.1. The molecule has 184 valence electrons. The number of benzene rings is 1. The number of carbonyl (C=O) groups excluding carboxylic acids is 4. The fourth-order valence-corrected chi connectivity index (χ4v) is 4.08. The third-order valence-corrected chi connectivity index (χ3v) is 6.04. The van der Waals surface area contributed by atoms with Gasteiger partial charge < -0.3 is 24.8 Å². The summed E-state index contributed by atoms with van der Waals surface area (Å²) in [4.78, 5) is 52.3. The number of amides is 2. The van der Waals surface area contributed by atoms with Crippen molar-refractivity contribution in [3.05, 3.63) is 48.0 Å². The number of hydrogen-bond donors (Lipinski definition) is 2. The number of aliphatic hydroxyl groups excluding tert-OH is 1. The fraction of sp³-hybridized carbons (Fsp3) is 0.520. The molecular formula is C25H32N2O7. The second kappa shape index (κ2) is 12.9. The summed E-state index contributed by atoms with van der Waals surface area (Å²) in [5.41, 5.74) is 0.782. The van der Waals surface area contributed by atoms with E-state index < -0.39 is 29.8 Å². The fourth-order valence-electron chi connectivity index (χ4n) is 4.08. The minimum atomic E-state index is -1.18. The van der Waals surface area contributed by atoms with Gasteiger partial charge in [-0.15, -0.1) is 0 Å². The number of carbonyl (C=O) groups is 4. The smallest absolute Gasteiger partial charge is 0.332 e. The minimum Gasteiger partial charge on any atom is -0.463 e. The molecule has 1 saturated heterocycles. The molecule has 1 aromatic rings. The van der Waals surface area contributed by atoms with Crippen molar-refractivity contribution in [1.82, 2.24) is 10.2 Å². The summed E-state index contributed by atoms with van der Waals surface area (Å²) >= 11 is 0. The highest BCUT2D eigenvalue weighted by Crippen LogP contribution is 2.21. The van der Waals surface area contributed by atoms with E-state index in [1.165, 1.54) is 0 Å². The average molecular weight is 473 g/mol. The third kappa shape index (κ3) is 7.41. The van der Waals surface area contributed by atoms with E-state index in [9.17, 15) is 24.3 Å². The van der Waals surface area contributed by atoms with Gasteiger partial charge in [-0.2, -0.15) is 0 Å². The lowest BCUT2D eigenvalue weighted by atomic mass is 9.98. The van der Waals surface area contributed by atoms with Crippen LogP contribution in [0.15, 0.2) is 42.5 Å². The highest BCUT2D eigenvalue weighted by Gasteiger charge is 2.33. The van der Waals surface area contributed by atoms with Crippen LogP contribution in [0.5, 0.6) is 0 Å². The molecule has 2 aliphatic heterocycles. The number of esters is 2. The number of allylic oxidation sites excluding steroid dienone is 2. The van der Waals surface area contributed by atoms with Crippen LogP contribution >= 0.6 is 0 Å². The first-order valence-corrected chi connectivity index (χ1v) is 11.7. The molecule has 3 atom stereocenters. The number of nitrogens with one attached hydrogen (secondary N) is 1. The van der Waals surface area contributed by atoms with Gasteiger partial charge in [0.2, 0.25) is 11.8 Å². The zero-order chi connectivity index (χ0) is 24.3. The van der Waals surface area contributed by atoms with E-state index in [-0.39, 0.29) is 51.0 Å². The number of likely N-dealkylation sites (tertiary alicyclic amines) is 1. The summed E-state index contributed by atoms with van der Waals surface area (Å²) in [5.74, 6) is -2.59. The first kappa shape index (κ1) is 25.4. The van der Waals surface area contributed by atoms with Crippen LogP contribution in [0.3, 0.4) is 0 Å². The number of ether oxygens (including phenoxy) is 2. The van der Waals surface area contributed by atoms with E-state index in [1.807, 2.05) is 18.2 Å². The quantitative estimate of drug-likeness (QED) is 0.475. The van der Waals surface area contributed by atoms with Gasteiger partial charge in [0, 0.05) is 19.4 Å². The minimum absolute atomic E-state index is 0.0160. The standard InChI is InChI=1S/C25H32N2O7/c28-15-20-11-7-13-27(20)22(29)14-19-10-5-2-6-12-23(30)33-17-21(26-24(19)31)25(32)34-16-18-8-3-1-4-9-18/h1-5,8-9,19-21,28H,6-7,10-17H2,(H,26,31)/t19-,20+,21-/m1/s1. The Kier molecular flexibility index (Phi) is 9.63. The molecule has 3 rings (SSSR count). The number of aliphatic hydroxyl groups is 1. The van der Waals surface area contributed by atoms with E-state index in [1.54, 1.807) is 29.2 Å². The van der Waals surface area contributed by atoms with Crippen molar-refractivity contribution < 1.29 is 33.8 Å². The van der Waals surface area contributed by atoms with Crippen LogP contribution in [0.1, 0.15) is 44.1 Å². The summed E-state index contributed by atoms with van der Waals surface area (Å²) in [7, 11) is 0. The van der Waals surface area contributed by atoms with Crippen LogP contribution in [-0.4, -0.2) is 65.6 Å². The van der Waals surface area contributed by atoms with Crippen molar-refractivity contribution in [2.45, 2.75) is 57.2 Å². The summed E-state index contributed by atoms with van der Waals surface area (Å²) in [6, 6.07) is 7.69. The maximum atomic E-state index is 13.1. The van der Waals surface area contributed by atoms with E-state index in [0.717, 1.165) is 18.4 Å². The van der Waals surface area contributed by atoms with Gasteiger partial charge in [0.05, 0.1) is 18.6 Å². The van der Waals surface area contributed by atoms with Crippen LogP contribution in [-0.2, 0) is 35.3 Å². The molecule has 34 heavy (non-hydrogen) atoms. The van der Waals surface area contributed by atoms with Crippen molar-refractivity contribution in [3.8, 4) is 0 Å². The predicted molar refractivity (Wildman–Crippen MR) is 122 cm³/mol. The maximum Gasteiger partial charge on any atom is 0.332 e. The van der Waals surface area contributed by atoms with Crippen LogP contribution in [0, 0.1) is 5.92 Å². The van der Waals surface area contributed by atoms with Crippen LogP contribution < -0.4 is 5.32 Å². The zero-order valence-corrected chi connectivity index (χ0v) is 19.2.